The van der Waals surface area contributed by atoms with Crippen molar-refractivity contribution in [3.05, 3.63) is 60.2 Å². The van der Waals surface area contributed by atoms with E-state index >= 15 is 0 Å². The zero-order chi connectivity index (χ0) is 20.8. The lowest BCUT2D eigenvalue weighted by Gasteiger charge is -2.27. The Morgan fingerprint density at radius 2 is 1.73 bits per heavy atom. The van der Waals surface area contributed by atoms with E-state index in [2.05, 4.69) is 56.2 Å². The number of benzene rings is 2. The van der Waals surface area contributed by atoms with Gasteiger partial charge in [0.05, 0.1) is 5.69 Å². The predicted octanol–water partition coefficient (Wildman–Crippen LogP) is 4.69. The number of rotatable bonds is 7. The molecule has 1 saturated heterocycles. The first-order valence-corrected chi connectivity index (χ1v) is 11.4. The summed E-state index contributed by atoms with van der Waals surface area (Å²) in [6.07, 6.45) is 4.05. The molecule has 0 aliphatic carbocycles. The monoisotopic (exact) mass is 421 g/mol. The number of amides is 1. The molecule has 4 rings (SSSR count). The number of aromatic nitrogens is 3. The zero-order valence-corrected chi connectivity index (χ0v) is 18.1. The van der Waals surface area contributed by atoms with Crippen LogP contribution >= 0.6 is 11.8 Å². The lowest BCUT2D eigenvalue weighted by atomic mass is 10.1. The molecule has 0 atom stereocenters. The van der Waals surface area contributed by atoms with Gasteiger partial charge in [0.15, 0.2) is 5.16 Å². The van der Waals surface area contributed by atoms with E-state index in [1.54, 1.807) is 11.8 Å². The number of carbonyl (C=O) groups is 1. The second-order valence-electron chi connectivity index (χ2n) is 7.51. The minimum Gasteiger partial charge on any atom is -0.341 e. The van der Waals surface area contributed by atoms with Crippen molar-refractivity contribution in [2.45, 2.75) is 37.8 Å². The fourth-order valence-electron chi connectivity index (χ4n) is 3.55. The van der Waals surface area contributed by atoms with E-state index < -0.39 is 0 Å². The molecule has 1 aromatic heterocycles. The van der Waals surface area contributed by atoms with Crippen molar-refractivity contribution >= 4 is 29.3 Å². The second-order valence-corrected chi connectivity index (χ2v) is 8.58. The third-order valence-electron chi connectivity index (χ3n) is 5.17. The van der Waals surface area contributed by atoms with Crippen molar-refractivity contribution in [3.8, 4) is 5.69 Å². The Hall–Kier alpha value is -2.80. The van der Waals surface area contributed by atoms with Crippen LogP contribution in [-0.2, 0) is 4.79 Å². The zero-order valence-electron chi connectivity index (χ0n) is 17.3. The molecule has 0 radical (unpaired) electrons. The highest BCUT2D eigenvalue weighted by Gasteiger charge is 2.21. The summed E-state index contributed by atoms with van der Waals surface area (Å²) in [6.45, 7) is 4.10. The summed E-state index contributed by atoms with van der Waals surface area (Å²) in [5.41, 5.74) is 3.10. The highest BCUT2D eigenvalue weighted by Crippen LogP contribution is 2.28. The van der Waals surface area contributed by atoms with E-state index in [1.807, 2.05) is 30.3 Å². The SMILES string of the molecule is Cc1ccc(-n2c(SCCC(=O)Nc3ccccc3)nnc2N2CCCCC2)cc1. The maximum atomic E-state index is 12.3. The summed E-state index contributed by atoms with van der Waals surface area (Å²) in [4.78, 5) is 14.6. The topological polar surface area (TPSA) is 63.1 Å². The summed E-state index contributed by atoms with van der Waals surface area (Å²) in [6, 6.07) is 18.0. The quantitative estimate of drug-likeness (QED) is 0.561. The number of para-hydroxylation sites is 1. The first kappa shape index (κ1) is 20.5. The standard InChI is InChI=1S/C23H27N5OS/c1-18-10-12-20(13-11-18)28-22(27-15-6-3-7-16-27)25-26-23(28)30-17-14-21(29)24-19-8-4-2-5-9-19/h2,4-5,8-13H,3,6-7,14-17H2,1H3,(H,24,29). The van der Waals surface area contributed by atoms with E-state index in [4.69, 9.17) is 0 Å². The smallest absolute Gasteiger partial charge is 0.232 e. The maximum absolute atomic E-state index is 12.3. The van der Waals surface area contributed by atoms with Gasteiger partial charge in [-0.05, 0) is 50.5 Å². The van der Waals surface area contributed by atoms with Gasteiger partial charge >= 0.3 is 0 Å². The number of nitrogens with zero attached hydrogens (tertiary/aromatic N) is 4. The van der Waals surface area contributed by atoms with Gasteiger partial charge in [0.25, 0.3) is 0 Å². The van der Waals surface area contributed by atoms with Crippen molar-refractivity contribution in [1.29, 1.82) is 0 Å². The molecule has 2 aromatic carbocycles. The molecule has 6 nitrogen and oxygen atoms in total. The lowest BCUT2D eigenvalue weighted by molar-refractivity contribution is -0.115. The Bertz CT molecular complexity index is 965. The van der Waals surface area contributed by atoms with Crippen LogP contribution in [-0.4, -0.2) is 39.5 Å². The van der Waals surface area contributed by atoms with Gasteiger partial charge in [-0.25, -0.2) is 0 Å². The number of nitrogens with one attached hydrogen (secondary N) is 1. The van der Waals surface area contributed by atoms with Gasteiger partial charge in [-0.3, -0.25) is 9.36 Å². The number of hydrogen-bond donors (Lipinski definition) is 1. The molecule has 3 aromatic rings. The largest absolute Gasteiger partial charge is 0.341 e. The molecule has 1 fully saturated rings. The molecular formula is C23H27N5OS. The number of piperidine rings is 1. The van der Waals surface area contributed by atoms with E-state index in [0.717, 1.165) is 35.6 Å². The summed E-state index contributed by atoms with van der Waals surface area (Å²) in [7, 11) is 0. The minimum absolute atomic E-state index is 0.00588. The van der Waals surface area contributed by atoms with Gasteiger partial charge in [-0.2, -0.15) is 0 Å². The van der Waals surface area contributed by atoms with Crippen LogP contribution in [0.5, 0.6) is 0 Å². The fourth-order valence-corrected chi connectivity index (χ4v) is 4.44. The molecule has 0 saturated carbocycles. The molecule has 1 amide bonds. The molecule has 30 heavy (non-hydrogen) atoms. The normalized spacial score (nSPS) is 14.0. The van der Waals surface area contributed by atoms with Crippen molar-refractivity contribution in [1.82, 2.24) is 14.8 Å². The Morgan fingerprint density at radius 1 is 1.00 bits per heavy atom. The van der Waals surface area contributed by atoms with Gasteiger partial charge in [-0.1, -0.05) is 47.7 Å². The minimum atomic E-state index is 0.00588. The number of anilines is 2. The fraction of sp³-hybridized carbons (Fsp3) is 0.348. The third-order valence-corrected chi connectivity index (χ3v) is 6.10. The summed E-state index contributed by atoms with van der Waals surface area (Å²) < 4.78 is 2.13. The molecular weight excluding hydrogens is 394 g/mol. The van der Waals surface area contributed by atoms with Crippen LogP contribution in [0.25, 0.3) is 5.69 Å². The average Bonchev–Trinajstić information content (AvgIpc) is 3.19. The van der Waals surface area contributed by atoms with Crippen LogP contribution in [0.2, 0.25) is 0 Å². The summed E-state index contributed by atoms with van der Waals surface area (Å²) >= 11 is 1.57. The number of thioether (sulfide) groups is 1. The van der Waals surface area contributed by atoms with Crippen LogP contribution < -0.4 is 10.2 Å². The van der Waals surface area contributed by atoms with Gasteiger partial charge < -0.3 is 10.2 Å². The molecule has 0 spiro atoms. The lowest BCUT2D eigenvalue weighted by Crippen LogP contribution is -2.31. The first-order valence-electron chi connectivity index (χ1n) is 10.5. The molecule has 1 aliphatic rings. The average molecular weight is 422 g/mol. The first-order chi connectivity index (χ1) is 14.7. The van der Waals surface area contributed by atoms with E-state index in [0.29, 0.717) is 12.2 Å². The van der Waals surface area contributed by atoms with Crippen molar-refractivity contribution in [3.63, 3.8) is 0 Å². The highest BCUT2D eigenvalue weighted by atomic mass is 32.2. The number of aryl methyl sites for hydroxylation is 1. The van der Waals surface area contributed by atoms with Gasteiger partial charge in [0, 0.05) is 31.0 Å². The Kier molecular flexibility index (Phi) is 6.69. The molecule has 7 heteroatoms. The van der Waals surface area contributed by atoms with Crippen molar-refractivity contribution in [2.75, 3.05) is 29.1 Å². The van der Waals surface area contributed by atoms with E-state index in [1.165, 1.54) is 24.8 Å². The van der Waals surface area contributed by atoms with E-state index in [-0.39, 0.29) is 5.91 Å². The Labute approximate surface area is 181 Å². The van der Waals surface area contributed by atoms with Crippen molar-refractivity contribution < 1.29 is 4.79 Å². The summed E-state index contributed by atoms with van der Waals surface area (Å²) in [5.74, 6) is 1.55. The van der Waals surface area contributed by atoms with Crippen LogP contribution in [0, 0.1) is 6.92 Å². The molecule has 1 aliphatic heterocycles. The van der Waals surface area contributed by atoms with Crippen molar-refractivity contribution in [2.24, 2.45) is 0 Å². The number of carbonyl (C=O) groups excluding carboxylic acids is 1. The third kappa shape index (κ3) is 5.02. The van der Waals surface area contributed by atoms with E-state index in [9.17, 15) is 4.79 Å². The molecule has 1 N–H and O–H groups in total. The van der Waals surface area contributed by atoms with Crippen LogP contribution in [0.4, 0.5) is 11.6 Å². The predicted molar refractivity (Wildman–Crippen MR) is 123 cm³/mol. The summed E-state index contributed by atoms with van der Waals surface area (Å²) in [5, 5.41) is 12.8. The van der Waals surface area contributed by atoms with Crippen LogP contribution in [0.15, 0.2) is 59.8 Å². The Morgan fingerprint density at radius 3 is 2.47 bits per heavy atom. The molecule has 2 heterocycles. The highest BCUT2D eigenvalue weighted by molar-refractivity contribution is 7.99. The van der Waals surface area contributed by atoms with Crippen LogP contribution in [0.1, 0.15) is 31.2 Å². The second kappa shape index (κ2) is 9.80. The Balaban J connectivity index is 1.47. The molecule has 156 valence electrons. The number of hydrogen-bond acceptors (Lipinski definition) is 5. The van der Waals surface area contributed by atoms with Gasteiger partial charge in [0.1, 0.15) is 0 Å². The van der Waals surface area contributed by atoms with Crippen LogP contribution in [0.3, 0.4) is 0 Å². The van der Waals surface area contributed by atoms with Gasteiger partial charge in [-0.15, -0.1) is 10.2 Å². The van der Waals surface area contributed by atoms with Gasteiger partial charge in [0.2, 0.25) is 11.9 Å². The maximum Gasteiger partial charge on any atom is 0.232 e. The molecule has 0 bridgehead atoms. The molecule has 0 unspecified atom stereocenters.